The van der Waals surface area contributed by atoms with Crippen LogP contribution in [0.25, 0.3) is 10.9 Å². The van der Waals surface area contributed by atoms with Crippen LogP contribution >= 0.6 is 11.6 Å². The molecule has 1 unspecified atom stereocenters. The minimum Gasteiger partial charge on any atom is -0.356 e. The van der Waals surface area contributed by atoms with E-state index in [0.717, 1.165) is 40.8 Å². The van der Waals surface area contributed by atoms with E-state index in [4.69, 9.17) is 16.3 Å². The summed E-state index contributed by atoms with van der Waals surface area (Å²) in [6.45, 7) is 0.825. The number of aromatic nitrogens is 2. The average Bonchev–Trinajstić information content (AvgIpc) is 2.79. The number of hydrogen-bond acceptors (Lipinski definition) is 2. The van der Waals surface area contributed by atoms with E-state index < -0.39 is 0 Å². The van der Waals surface area contributed by atoms with Gasteiger partial charge in [0.15, 0.2) is 6.23 Å². The van der Waals surface area contributed by atoms with Gasteiger partial charge in [0.2, 0.25) is 0 Å². The van der Waals surface area contributed by atoms with Crippen molar-refractivity contribution >= 4 is 35.8 Å². The first-order chi connectivity index (χ1) is 8.27. The quantitative estimate of drug-likeness (QED) is 0.718. The van der Waals surface area contributed by atoms with Gasteiger partial charge in [-0.1, -0.05) is 23.1 Å². The fraction of sp³-hybridized carbons (Fsp3) is 0.417. The van der Waals surface area contributed by atoms with Crippen molar-refractivity contribution in [2.24, 2.45) is 0 Å². The molecule has 1 aliphatic heterocycles. The standard InChI is InChI=1S/C12H14BClN2O/c13-9-4-5-10-8(12(9)14)7-15-16(10)11-3-1-2-6-17-11/h4-5,7,11H,1-3,6,13H2. The van der Waals surface area contributed by atoms with Crippen molar-refractivity contribution in [3.05, 3.63) is 23.4 Å². The zero-order valence-corrected chi connectivity index (χ0v) is 10.6. The van der Waals surface area contributed by atoms with Crippen molar-refractivity contribution in [1.82, 2.24) is 9.78 Å². The Morgan fingerprint density at radius 3 is 3.06 bits per heavy atom. The lowest BCUT2D eigenvalue weighted by molar-refractivity contribution is -0.0366. The number of fused-ring (bicyclic) bond motifs is 1. The predicted octanol–water partition coefficient (Wildman–Crippen LogP) is 1.65. The fourth-order valence-corrected chi connectivity index (χ4v) is 2.55. The maximum Gasteiger partial charge on any atom is 0.150 e. The Morgan fingerprint density at radius 2 is 2.29 bits per heavy atom. The Kier molecular flexibility index (Phi) is 2.85. The van der Waals surface area contributed by atoms with Crippen LogP contribution in [-0.2, 0) is 4.74 Å². The molecule has 17 heavy (non-hydrogen) atoms. The van der Waals surface area contributed by atoms with E-state index in [1.165, 1.54) is 6.42 Å². The number of benzene rings is 1. The molecule has 0 amide bonds. The molecule has 0 bridgehead atoms. The first kappa shape index (κ1) is 11.1. The summed E-state index contributed by atoms with van der Waals surface area (Å²) in [5.74, 6) is 0. The highest BCUT2D eigenvalue weighted by Gasteiger charge is 2.19. The van der Waals surface area contributed by atoms with Crippen LogP contribution in [0.1, 0.15) is 25.5 Å². The molecule has 2 aromatic rings. The van der Waals surface area contributed by atoms with E-state index in [2.05, 4.69) is 11.2 Å². The van der Waals surface area contributed by atoms with E-state index in [1.807, 2.05) is 24.8 Å². The van der Waals surface area contributed by atoms with E-state index in [-0.39, 0.29) is 6.23 Å². The summed E-state index contributed by atoms with van der Waals surface area (Å²) >= 11 is 6.28. The molecule has 2 heterocycles. The number of nitrogens with zero attached hydrogens (tertiary/aromatic N) is 2. The minimum absolute atomic E-state index is 0.0695. The minimum atomic E-state index is 0.0695. The Labute approximate surface area is 106 Å². The van der Waals surface area contributed by atoms with Crippen molar-refractivity contribution in [3.8, 4) is 0 Å². The second-order valence-electron chi connectivity index (χ2n) is 4.54. The van der Waals surface area contributed by atoms with Crippen LogP contribution in [0.5, 0.6) is 0 Å². The predicted molar refractivity (Wildman–Crippen MR) is 71.8 cm³/mol. The highest BCUT2D eigenvalue weighted by Crippen LogP contribution is 2.28. The van der Waals surface area contributed by atoms with Gasteiger partial charge in [0.05, 0.1) is 11.7 Å². The van der Waals surface area contributed by atoms with Crippen LogP contribution in [0, 0.1) is 0 Å². The van der Waals surface area contributed by atoms with Crippen LogP contribution < -0.4 is 5.46 Å². The van der Waals surface area contributed by atoms with Crippen molar-refractivity contribution in [3.63, 3.8) is 0 Å². The number of halogens is 1. The summed E-state index contributed by atoms with van der Waals surface area (Å²) in [6, 6.07) is 4.10. The molecule has 5 heteroatoms. The van der Waals surface area contributed by atoms with Crippen molar-refractivity contribution in [1.29, 1.82) is 0 Å². The van der Waals surface area contributed by atoms with E-state index >= 15 is 0 Å². The van der Waals surface area contributed by atoms with Crippen LogP contribution in [0.4, 0.5) is 0 Å². The first-order valence-corrected chi connectivity index (χ1v) is 6.39. The zero-order chi connectivity index (χ0) is 11.8. The van der Waals surface area contributed by atoms with Crippen molar-refractivity contribution in [2.75, 3.05) is 6.61 Å². The molecule has 1 fully saturated rings. The smallest absolute Gasteiger partial charge is 0.150 e. The molecule has 1 aliphatic rings. The Bertz CT molecular complexity index is 549. The van der Waals surface area contributed by atoms with Crippen LogP contribution in [0.15, 0.2) is 18.3 Å². The van der Waals surface area contributed by atoms with Gasteiger partial charge in [0.25, 0.3) is 0 Å². The van der Waals surface area contributed by atoms with Crippen LogP contribution in [-0.4, -0.2) is 24.2 Å². The molecule has 0 N–H and O–H groups in total. The molecule has 3 rings (SSSR count). The molecular formula is C12H14BClN2O. The number of hydrogen-bond donors (Lipinski definition) is 0. The third kappa shape index (κ3) is 1.85. The average molecular weight is 249 g/mol. The van der Waals surface area contributed by atoms with Gasteiger partial charge in [0.1, 0.15) is 7.85 Å². The lowest BCUT2D eigenvalue weighted by Gasteiger charge is -2.23. The van der Waals surface area contributed by atoms with Gasteiger partial charge in [-0.25, -0.2) is 4.68 Å². The summed E-state index contributed by atoms with van der Waals surface area (Å²) in [5.41, 5.74) is 2.15. The molecule has 1 atom stereocenters. The molecule has 0 aliphatic carbocycles. The highest BCUT2D eigenvalue weighted by atomic mass is 35.5. The second-order valence-corrected chi connectivity index (χ2v) is 4.92. The summed E-state index contributed by atoms with van der Waals surface area (Å²) < 4.78 is 7.72. The van der Waals surface area contributed by atoms with Crippen LogP contribution in [0.3, 0.4) is 0 Å². The van der Waals surface area contributed by atoms with Gasteiger partial charge in [0, 0.05) is 17.0 Å². The maximum absolute atomic E-state index is 6.28. The third-order valence-corrected chi connectivity index (χ3v) is 3.84. The number of rotatable bonds is 1. The molecule has 1 aromatic carbocycles. The van der Waals surface area contributed by atoms with Gasteiger partial charge in [-0.15, -0.1) is 0 Å². The SMILES string of the molecule is Bc1ccc2c(cnn2C2CCCCO2)c1Cl. The summed E-state index contributed by atoms with van der Waals surface area (Å²) in [6.07, 6.45) is 5.28. The Balaban J connectivity index is 2.08. The van der Waals surface area contributed by atoms with Gasteiger partial charge in [-0.2, -0.15) is 5.10 Å². The van der Waals surface area contributed by atoms with Gasteiger partial charge < -0.3 is 4.74 Å². The third-order valence-electron chi connectivity index (χ3n) is 3.34. The van der Waals surface area contributed by atoms with Gasteiger partial charge >= 0.3 is 0 Å². The lowest BCUT2D eigenvalue weighted by atomic mass is 9.95. The number of ether oxygens (including phenoxy) is 1. The van der Waals surface area contributed by atoms with Crippen molar-refractivity contribution < 1.29 is 4.74 Å². The molecule has 88 valence electrons. The highest BCUT2D eigenvalue weighted by molar-refractivity contribution is 6.48. The molecule has 0 saturated carbocycles. The van der Waals surface area contributed by atoms with Crippen LogP contribution in [0.2, 0.25) is 5.02 Å². The van der Waals surface area contributed by atoms with Crippen molar-refractivity contribution in [2.45, 2.75) is 25.5 Å². The molecule has 1 saturated heterocycles. The first-order valence-electron chi connectivity index (χ1n) is 6.01. The molecule has 0 radical (unpaired) electrons. The van der Waals surface area contributed by atoms with E-state index in [9.17, 15) is 0 Å². The maximum atomic E-state index is 6.28. The van der Waals surface area contributed by atoms with E-state index in [1.54, 1.807) is 0 Å². The molecule has 3 nitrogen and oxygen atoms in total. The lowest BCUT2D eigenvalue weighted by Crippen LogP contribution is -2.19. The zero-order valence-electron chi connectivity index (χ0n) is 9.82. The fourth-order valence-electron chi connectivity index (χ4n) is 2.34. The van der Waals surface area contributed by atoms with Gasteiger partial charge in [-0.3, -0.25) is 0 Å². The monoisotopic (exact) mass is 248 g/mol. The Morgan fingerprint density at radius 1 is 1.41 bits per heavy atom. The second kappa shape index (κ2) is 4.35. The molecule has 0 spiro atoms. The Hall–Kier alpha value is -0.995. The van der Waals surface area contributed by atoms with E-state index in [0.29, 0.717) is 0 Å². The normalized spacial score (nSPS) is 20.9. The largest absolute Gasteiger partial charge is 0.356 e. The summed E-state index contributed by atoms with van der Waals surface area (Å²) in [4.78, 5) is 0. The molecular weight excluding hydrogens is 234 g/mol. The van der Waals surface area contributed by atoms with Gasteiger partial charge in [-0.05, 0) is 25.3 Å². The topological polar surface area (TPSA) is 27.1 Å². The summed E-state index contributed by atoms with van der Waals surface area (Å²) in [5, 5.41) is 6.24. The molecule has 1 aromatic heterocycles. The summed E-state index contributed by atoms with van der Waals surface area (Å²) in [7, 11) is 2.01.